The van der Waals surface area contributed by atoms with Gasteiger partial charge in [-0.2, -0.15) is 11.8 Å². The van der Waals surface area contributed by atoms with E-state index in [1.54, 1.807) is 0 Å². The lowest BCUT2D eigenvalue weighted by Gasteiger charge is -2.26. The normalized spacial score (nSPS) is 40.8. The molecule has 0 amide bonds. The molecule has 0 spiro atoms. The van der Waals surface area contributed by atoms with Crippen molar-refractivity contribution in [1.29, 1.82) is 0 Å². The Kier molecular flexibility index (Phi) is 3.56. The van der Waals surface area contributed by atoms with Gasteiger partial charge in [0, 0.05) is 17.8 Å². The van der Waals surface area contributed by atoms with E-state index in [0.717, 1.165) is 18.0 Å². The van der Waals surface area contributed by atoms with Gasteiger partial charge in [0.25, 0.3) is 0 Å². The minimum absolute atomic E-state index is 0.828. The summed E-state index contributed by atoms with van der Waals surface area (Å²) < 4.78 is 0. The van der Waals surface area contributed by atoms with Crippen molar-refractivity contribution in [3.05, 3.63) is 0 Å². The third-order valence-corrected chi connectivity index (χ3v) is 4.54. The van der Waals surface area contributed by atoms with Crippen LogP contribution in [0.5, 0.6) is 0 Å². The van der Waals surface area contributed by atoms with Gasteiger partial charge in [0.05, 0.1) is 0 Å². The number of thioether (sulfide) groups is 1. The summed E-state index contributed by atoms with van der Waals surface area (Å²) in [5.41, 5.74) is 0. The lowest BCUT2D eigenvalue weighted by molar-refractivity contribution is 0.420. The van der Waals surface area contributed by atoms with Crippen LogP contribution < -0.4 is 5.32 Å². The molecule has 2 rings (SSSR count). The van der Waals surface area contributed by atoms with E-state index in [1.165, 1.54) is 43.6 Å². The molecule has 0 aromatic carbocycles. The highest BCUT2D eigenvalue weighted by Crippen LogP contribution is 2.26. The fraction of sp³-hybridized carbons (Fsp3) is 1.00. The fourth-order valence-corrected chi connectivity index (χ4v) is 3.65. The predicted molar refractivity (Wildman–Crippen MR) is 60.3 cm³/mol. The summed E-state index contributed by atoms with van der Waals surface area (Å²) in [6.07, 6.45) is 7.11. The molecule has 1 N–H and O–H groups in total. The molecule has 0 bridgehead atoms. The van der Waals surface area contributed by atoms with E-state index in [0.29, 0.717) is 0 Å². The van der Waals surface area contributed by atoms with Crippen molar-refractivity contribution in [3.8, 4) is 0 Å². The van der Waals surface area contributed by atoms with Crippen LogP contribution in [-0.2, 0) is 0 Å². The van der Waals surface area contributed by atoms with Gasteiger partial charge in [-0.3, -0.25) is 0 Å². The van der Waals surface area contributed by atoms with Gasteiger partial charge in [-0.25, -0.2) is 0 Å². The SMILES string of the molecule is CC1CCC(NC2CCCSC2)C1. The Morgan fingerprint density at radius 3 is 2.69 bits per heavy atom. The topological polar surface area (TPSA) is 12.0 Å². The van der Waals surface area contributed by atoms with Gasteiger partial charge < -0.3 is 5.32 Å². The zero-order valence-corrected chi connectivity index (χ0v) is 9.41. The second-order valence-electron chi connectivity index (χ2n) is 4.70. The van der Waals surface area contributed by atoms with Crippen molar-refractivity contribution in [2.24, 2.45) is 5.92 Å². The maximum Gasteiger partial charge on any atom is 0.0161 e. The van der Waals surface area contributed by atoms with Crippen LogP contribution in [0.25, 0.3) is 0 Å². The van der Waals surface area contributed by atoms with Crippen molar-refractivity contribution < 1.29 is 0 Å². The van der Waals surface area contributed by atoms with Crippen LogP contribution in [0.2, 0.25) is 0 Å². The van der Waals surface area contributed by atoms with Gasteiger partial charge in [0.1, 0.15) is 0 Å². The molecule has 1 aliphatic heterocycles. The first kappa shape index (κ1) is 9.85. The maximum atomic E-state index is 3.83. The van der Waals surface area contributed by atoms with E-state index in [-0.39, 0.29) is 0 Å². The van der Waals surface area contributed by atoms with Crippen LogP contribution in [0.3, 0.4) is 0 Å². The predicted octanol–water partition coefficient (Wildman–Crippen LogP) is 2.66. The van der Waals surface area contributed by atoms with E-state index in [2.05, 4.69) is 24.0 Å². The summed E-state index contributed by atoms with van der Waals surface area (Å²) in [4.78, 5) is 0. The van der Waals surface area contributed by atoms with Crippen LogP contribution in [-0.4, -0.2) is 23.6 Å². The summed E-state index contributed by atoms with van der Waals surface area (Å²) in [6, 6.07) is 1.67. The van der Waals surface area contributed by atoms with Crippen molar-refractivity contribution in [3.63, 3.8) is 0 Å². The lowest BCUT2D eigenvalue weighted by Crippen LogP contribution is -2.40. The van der Waals surface area contributed by atoms with E-state index < -0.39 is 0 Å². The molecule has 0 radical (unpaired) electrons. The molecule has 2 fully saturated rings. The first-order valence-electron chi connectivity index (χ1n) is 5.68. The fourth-order valence-electron chi connectivity index (χ4n) is 2.56. The summed E-state index contributed by atoms with van der Waals surface area (Å²) >= 11 is 2.12. The largest absolute Gasteiger partial charge is 0.310 e. The Morgan fingerprint density at radius 1 is 1.15 bits per heavy atom. The van der Waals surface area contributed by atoms with Crippen molar-refractivity contribution in [2.75, 3.05) is 11.5 Å². The average molecular weight is 199 g/mol. The Bertz CT molecular complexity index is 151. The molecular formula is C11H21NS. The van der Waals surface area contributed by atoms with E-state index >= 15 is 0 Å². The van der Waals surface area contributed by atoms with Crippen LogP contribution in [0, 0.1) is 5.92 Å². The molecule has 0 aromatic heterocycles. The zero-order valence-electron chi connectivity index (χ0n) is 8.59. The highest BCUT2D eigenvalue weighted by molar-refractivity contribution is 7.99. The molecule has 0 aromatic rings. The molecule has 1 heterocycles. The zero-order chi connectivity index (χ0) is 9.10. The third kappa shape index (κ3) is 2.88. The molecule has 1 saturated carbocycles. The summed E-state index contributed by atoms with van der Waals surface area (Å²) in [7, 11) is 0. The number of hydrogen-bond donors (Lipinski definition) is 1. The molecule has 1 aliphatic carbocycles. The van der Waals surface area contributed by atoms with Crippen LogP contribution in [0.1, 0.15) is 39.0 Å². The first-order chi connectivity index (χ1) is 6.34. The first-order valence-corrected chi connectivity index (χ1v) is 6.84. The molecular weight excluding hydrogens is 178 g/mol. The number of hydrogen-bond acceptors (Lipinski definition) is 2. The molecule has 3 unspecified atom stereocenters. The molecule has 1 saturated heterocycles. The van der Waals surface area contributed by atoms with Gasteiger partial charge >= 0.3 is 0 Å². The minimum atomic E-state index is 0.828. The number of rotatable bonds is 2. The van der Waals surface area contributed by atoms with Crippen molar-refractivity contribution in [1.82, 2.24) is 5.32 Å². The summed E-state index contributed by atoms with van der Waals surface area (Å²) in [6.45, 7) is 2.39. The third-order valence-electron chi connectivity index (χ3n) is 3.33. The van der Waals surface area contributed by atoms with Gasteiger partial charge in [0.15, 0.2) is 0 Å². The Labute approximate surface area is 86.0 Å². The Hall–Kier alpha value is 0.310. The van der Waals surface area contributed by atoms with Crippen molar-refractivity contribution >= 4 is 11.8 Å². The highest BCUT2D eigenvalue weighted by Gasteiger charge is 2.24. The van der Waals surface area contributed by atoms with E-state index in [9.17, 15) is 0 Å². The molecule has 2 aliphatic rings. The standard InChI is InChI=1S/C11H21NS/c1-9-4-5-10(7-9)12-11-3-2-6-13-8-11/h9-12H,2-8H2,1H3. The van der Waals surface area contributed by atoms with Gasteiger partial charge in [-0.15, -0.1) is 0 Å². The average Bonchev–Trinajstić information content (AvgIpc) is 2.53. The second-order valence-corrected chi connectivity index (χ2v) is 5.85. The minimum Gasteiger partial charge on any atom is -0.310 e. The number of nitrogens with one attached hydrogen (secondary N) is 1. The molecule has 3 atom stereocenters. The Balaban J connectivity index is 1.71. The van der Waals surface area contributed by atoms with Crippen LogP contribution in [0.15, 0.2) is 0 Å². The molecule has 1 nitrogen and oxygen atoms in total. The van der Waals surface area contributed by atoms with Crippen molar-refractivity contribution in [2.45, 2.75) is 51.1 Å². The van der Waals surface area contributed by atoms with Crippen LogP contribution in [0.4, 0.5) is 0 Å². The van der Waals surface area contributed by atoms with E-state index in [1.807, 2.05) is 0 Å². The lowest BCUT2D eigenvalue weighted by atomic mass is 10.1. The smallest absolute Gasteiger partial charge is 0.0161 e. The van der Waals surface area contributed by atoms with E-state index in [4.69, 9.17) is 0 Å². The quantitative estimate of drug-likeness (QED) is 0.734. The molecule has 13 heavy (non-hydrogen) atoms. The highest BCUT2D eigenvalue weighted by atomic mass is 32.2. The molecule has 2 heteroatoms. The summed E-state index contributed by atoms with van der Waals surface area (Å²) in [5, 5.41) is 3.83. The maximum absolute atomic E-state index is 3.83. The monoisotopic (exact) mass is 199 g/mol. The Morgan fingerprint density at radius 2 is 2.08 bits per heavy atom. The molecule has 76 valence electrons. The van der Waals surface area contributed by atoms with Gasteiger partial charge in [-0.1, -0.05) is 6.92 Å². The second kappa shape index (κ2) is 4.70. The summed E-state index contributed by atoms with van der Waals surface area (Å²) in [5.74, 6) is 3.71. The van der Waals surface area contributed by atoms with Gasteiger partial charge in [0.2, 0.25) is 0 Å². The van der Waals surface area contributed by atoms with Crippen LogP contribution >= 0.6 is 11.8 Å². The van der Waals surface area contributed by atoms with Gasteiger partial charge in [-0.05, 0) is 43.8 Å².